The molecule has 13 heteroatoms. The Kier molecular flexibility index (Phi) is 9.07. The van der Waals surface area contributed by atoms with Crippen LogP contribution in [0, 0.1) is 10.8 Å². The van der Waals surface area contributed by atoms with Gasteiger partial charge in [-0.1, -0.05) is 0 Å². The van der Waals surface area contributed by atoms with Gasteiger partial charge in [-0.2, -0.15) is 0 Å². The van der Waals surface area contributed by atoms with Gasteiger partial charge in [0.05, 0.1) is 17.5 Å². The summed E-state index contributed by atoms with van der Waals surface area (Å²) in [5.74, 6) is -1.25. The molecule has 0 radical (unpaired) electrons. The largest absolute Gasteiger partial charge is 0.438 e. The fourth-order valence-electron chi connectivity index (χ4n) is 2.36. The van der Waals surface area contributed by atoms with Gasteiger partial charge in [-0.05, 0) is 33.3 Å². The Balaban J connectivity index is 2.67. The maximum atomic E-state index is 14.4. The Labute approximate surface area is 173 Å². The monoisotopic (exact) mass is 459 g/mol. The van der Waals surface area contributed by atoms with Crippen LogP contribution in [0.2, 0.25) is 0 Å². The van der Waals surface area contributed by atoms with Gasteiger partial charge < -0.3 is 30.5 Å². The Morgan fingerprint density at radius 3 is 2.66 bits per heavy atom. The van der Waals surface area contributed by atoms with Crippen molar-refractivity contribution in [1.29, 1.82) is 5.41 Å². The number of aliphatic hydroxyl groups is 1. The second kappa shape index (κ2) is 10.2. The van der Waals surface area contributed by atoms with Crippen LogP contribution in [0.3, 0.4) is 0 Å². The molecular formula is C16H28ClFN3O7P. The zero-order valence-electron chi connectivity index (χ0n) is 16.4. The quantitative estimate of drug-likeness (QED) is 0.0805. The third-order valence-corrected chi connectivity index (χ3v) is 5.87. The Morgan fingerprint density at radius 1 is 1.52 bits per heavy atom. The van der Waals surface area contributed by atoms with Gasteiger partial charge in [-0.15, -0.1) is 11.6 Å². The van der Waals surface area contributed by atoms with Crippen molar-refractivity contribution in [3.05, 3.63) is 12.3 Å². The van der Waals surface area contributed by atoms with E-state index < -0.39 is 56.0 Å². The number of alkyl halides is 2. The van der Waals surface area contributed by atoms with Gasteiger partial charge in [0.1, 0.15) is 17.5 Å². The summed E-state index contributed by atoms with van der Waals surface area (Å²) >= 11 is 5.87. The fraction of sp³-hybridized carbons (Fsp3) is 0.750. The van der Waals surface area contributed by atoms with Crippen molar-refractivity contribution in [1.82, 2.24) is 5.32 Å². The molecule has 168 valence electrons. The maximum Gasteiger partial charge on any atom is 0.331 e. The Bertz CT molecular complexity index is 675. The molecular weight excluding hydrogens is 432 g/mol. The lowest BCUT2D eigenvalue weighted by Gasteiger charge is -2.30. The average Bonchev–Trinajstić information content (AvgIpc) is 2.84. The molecule has 0 aromatic rings. The first-order valence-corrected chi connectivity index (χ1v) is 11.0. The molecule has 5 atom stereocenters. The Hall–Kier alpha value is -1.23. The molecule has 1 rings (SSSR count). The number of carbonyl (C=O) groups excluding carboxylic acids is 1. The van der Waals surface area contributed by atoms with E-state index in [2.05, 4.69) is 5.32 Å². The summed E-state index contributed by atoms with van der Waals surface area (Å²) in [5.41, 5.74) is 2.69. The van der Waals surface area contributed by atoms with Gasteiger partial charge in [-0.25, -0.2) is 4.39 Å². The molecule has 0 aromatic carbocycles. The van der Waals surface area contributed by atoms with Crippen molar-refractivity contribution in [2.45, 2.75) is 51.3 Å². The van der Waals surface area contributed by atoms with Crippen molar-refractivity contribution in [3.63, 3.8) is 0 Å². The predicted molar refractivity (Wildman–Crippen MR) is 104 cm³/mol. The van der Waals surface area contributed by atoms with E-state index in [0.717, 1.165) is 6.08 Å². The van der Waals surface area contributed by atoms with E-state index in [1.807, 2.05) is 0 Å². The number of esters is 1. The number of ether oxygens (including phenoxy) is 2. The number of nitrogens with two attached hydrogens (primary N) is 1. The summed E-state index contributed by atoms with van der Waals surface area (Å²) in [4.78, 5) is 21.6. The van der Waals surface area contributed by atoms with Gasteiger partial charge >= 0.3 is 13.6 Å². The molecule has 1 aliphatic heterocycles. The fourth-order valence-corrected chi connectivity index (χ4v) is 3.72. The zero-order chi connectivity index (χ0) is 22.5. The SMILES string of the molecule is CC(C)(C)C(=O)OCOP(=O)(O)CC[C@@]1(CCl)O[C@@H](N/C=C\C(=N)N)[C@H](F)[C@@H]1O. The van der Waals surface area contributed by atoms with E-state index in [0.29, 0.717) is 0 Å². The van der Waals surface area contributed by atoms with Gasteiger partial charge in [0, 0.05) is 6.20 Å². The molecule has 0 bridgehead atoms. The molecule has 0 saturated carbocycles. The lowest BCUT2D eigenvalue weighted by molar-refractivity contribution is -0.159. The Morgan fingerprint density at radius 2 is 2.14 bits per heavy atom. The molecule has 1 aliphatic rings. The maximum absolute atomic E-state index is 14.4. The van der Waals surface area contributed by atoms with E-state index >= 15 is 0 Å². The lowest BCUT2D eigenvalue weighted by atomic mass is 9.95. The molecule has 0 amide bonds. The number of hydrogen-bond acceptors (Lipinski definition) is 8. The van der Waals surface area contributed by atoms with Crippen LogP contribution in [0.5, 0.6) is 0 Å². The van der Waals surface area contributed by atoms with Crippen LogP contribution in [-0.4, -0.2) is 64.7 Å². The van der Waals surface area contributed by atoms with Crippen LogP contribution < -0.4 is 11.1 Å². The van der Waals surface area contributed by atoms with E-state index in [1.54, 1.807) is 20.8 Å². The molecule has 1 heterocycles. The van der Waals surface area contributed by atoms with Crippen molar-refractivity contribution in [3.8, 4) is 0 Å². The smallest absolute Gasteiger partial charge is 0.331 e. The second-order valence-electron chi connectivity index (χ2n) is 7.62. The van der Waals surface area contributed by atoms with Gasteiger partial charge in [-0.3, -0.25) is 19.3 Å². The van der Waals surface area contributed by atoms with Crippen LogP contribution in [0.4, 0.5) is 4.39 Å². The molecule has 1 saturated heterocycles. The minimum atomic E-state index is -4.24. The van der Waals surface area contributed by atoms with Gasteiger partial charge in [0.25, 0.3) is 0 Å². The van der Waals surface area contributed by atoms with E-state index in [1.165, 1.54) is 6.20 Å². The number of rotatable bonds is 10. The number of nitrogens with one attached hydrogen (secondary N) is 2. The highest BCUT2D eigenvalue weighted by Gasteiger charge is 2.55. The second-order valence-corrected chi connectivity index (χ2v) is 9.87. The number of aliphatic hydroxyl groups excluding tert-OH is 1. The first-order chi connectivity index (χ1) is 13.2. The lowest BCUT2D eigenvalue weighted by Crippen LogP contribution is -2.44. The molecule has 0 aromatic heterocycles. The highest BCUT2D eigenvalue weighted by Crippen LogP contribution is 2.46. The highest BCUT2D eigenvalue weighted by atomic mass is 35.5. The van der Waals surface area contributed by atoms with E-state index in [-0.39, 0.29) is 18.1 Å². The van der Waals surface area contributed by atoms with Crippen LogP contribution in [0.1, 0.15) is 27.2 Å². The normalized spacial score (nSPS) is 29.6. The first kappa shape index (κ1) is 25.8. The molecule has 6 N–H and O–H groups in total. The van der Waals surface area contributed by atoms with Crippen molar-refractivity contribution in [2.75, 3.05) is 18.8 Å². The van der Waals surface area contributed by atoms with Crippen molar-refractivity contribution >= 4 is 31.0 Å². The predicted octanol–water partition coefficient (Wildman–Crippen LogP) is 1.20. The number of halogens is 2. The van der Waals surface area contributed by atoms with Crippen LogP contribution in [0.25, 0.3) is 0 Å². The molecule has 29 heavy (non-hydrogen) atoms. The third kappa shape index (κ3) is 7.51. The van der Waals surface area contributed by atoms with Crippen molar-refractivity contribution in [2.24, 2.45) is 11.1 Å². The van der Waals surface area contributed by atoms with Crippen LogP contribution >= 0.6 is 19.2 Å². The summed E-state index contributed by atoms with van der Waals surface area (Å²) in [6.45, 7) is 4.11. The van der Waals surface area contributed by atoms with E-state index in [4.69, 9.17) is 36.7 Å². The average molecular weight is 460 g/mol. The number of hydrogen-bond donors (Lipinski definition) is 5. The molecule has 0 spiro atoms. The minimum Gasteiger partial charge on any atom is -0.438 e. The minimum absolute atomic E-state index is 0.277. The topological polar surface area (TPSA) is 164 Å². The third-order valence-electron chi connectivity index (χ3n) is 4.12. The summed E-state index contributed by atoms with van der Waals surface area (Å²) in [7, 11) is -4.24. The summed E-state index contributed by atoms with van der Waals surface area (Å²) in [6, 6.07) is 0. The molecule has 1 unspecified atom stereocenters. The summed E-state index contributed by atoms with van der Waals surface area (Å²) in [5, 5.41) is 19.8. The van der Waals surface area contributed by atoms with Crippen LogP contribution in [0.15, 0.2) is 12.3 Å². The molecule has 1 fully saturated rings. The van der Waals surface area contributed by atoms with Gasteiger partial charge in [0.2, 0.25) is 6.79 Å². The first-order valence-electron chi connectivity index (χ1n) is 8.70. The molecule has 10 nitrogen and oxygen atoms in total. The van der Waals surface area contributed by atoms with E-state index in [9.17, 15) is 23.7 Å². The standard InChI is InChI=1S/C16H28ClFN3O7P/c1-15(2,3)14(23)26-9-27-29(24,25)7-5-16(8-17)12(22)11(18)13(28-16)21-6-4-10(19)20/h4,6,11-13,21-22H,5,7-9H2,1-3H3,(H3,19,20)(H,24,25)/b6-4-/t11-,12+,13-,16+/m1/s1. The zero-order valence-corrected chi connectivity index (χ0v) is 18.1. The number of carbonyl (C=O) groups is 1. The van der Waals surface area contributed by atoms with Crippen LogP contribution in [-0.2, 0) is 23.4 Å². The van der Waals surface area contributed by atoms with Gasteiger partial charge in [0.15, 0.2) is 12.4 Å². The van der Waals surface area contributed by atoms with Crippen molar-refractivity contribution < 1.29 is 37.7 Å². The number of amidine groups is 1. The summed E-state index contributed by atoms with van der Waals surface area (Å²) in [6.07, 6.45) is -3.36. The summed E-state index contributed by atoms with van der Waals surface area (Å²) < 4.78 is 41.6. The molecule has 0 aliphatic carbocycles. The highest BCUT2D eigenvalue weighted by molar-refractivity contribution is 7.52.